The van der Waals surface area contributed by atoms with Gasteiger partial charge in [-0.25, -0.2) is 8.42 Å². The molecule has 1 unspecified atom stereocenters. The van der Waals surface area contributed by atoms with Gasteiger partial charge in [0.15, 0.2) is 9.84 Å². The third-order valence-corrected chi connectivity index (χ3v) is 4.37. The van der Waals surface area contributed by atoms with Gasteiger partial charge in [-0.3, -0.25) is 4.79 Å². The number of ether oxygens (including phenoxy) is 1. The average Bonchev–Trinajstić information content (AvgIpc) is 2.82. The van der Waals surface area contributed by atoms with Crippen LogP contribution in [0.25, 0.3) is 0 Å². The minimum Gasteiger partial charge on any atom is -0.399 e. The first kappa shape index (κ1) is 15.7. The molecule has 1 fully saturated rings. The summed E-state index contributed by atoms with van der Waals surface area (Å²) in [7, 11) is -3.45. The van der Waals surface area contributed by atoms with Crippen LogP contribution in [0.1, 0.15) is 16.8 Å². The molecule has 7 nitrogen and oxygen atoms in total. The van der Waals surface area contributed by atoms with Crippen LogP contribution in [0.15, 0.2) is 23.1 Å². The number of carbonyl (C=O) groups excluding carboxylic acids is 1. The highest BCUT2D eigenvalue weighted by molar-refractivity contribution is 7.90. The van der Waals surface area contributed by atoms with Crippen molar-refractivity contribution >= 4 is 21.4 Å². The number of nitrogens with one attached hydrogen (secondary N) is 1. The highest BCUT2D eigenvalue weighted by Crippen LogP contribution is 2.19. The van der Waals surface area contributed by atoms with Crippen molar-refractivity contribution in [3.63, 3.8) is 0 Å². The first-order valence-electron chi connectivity index (χ1n) is 6.39. The van der Waals surface area contributed by atoms with Crippen LogP contribution in [0.5, 0.6) is 0 Å². The molecule has 21 heavy (non-hydrogen) atoms. The Bertz CT molecular complexity index is 651. The molecular formula is C13H18N2O5S. The van der Waals surface area contributed by atoms with Crippen LogP contribution >= 0.6 is 0 Å². The lowest BCUT2D eigenvalue weighted by molar-refractivity contribution is 0.0264. The van der Waals surface area contributed by atoms with Crippen molar-refractivity contribution in [2.45, 2.75) is 16.9 Å². The molecule has 1 aromatic carbocycles. The summed E-state index contributed by atoms with van der Waals surface area (Å²) in [5.41, 5.74) is 4.87. The van der Waals surface area contributed by atoms with Gasteiger partial charge in [-0.1, -0.05) is 0 Å². The Morgan fingerprint density at radius 1 is 1.48 bits per heavy atom. The van der Waals surface area contributed by atoms with Gasteiger partial charge in [-0.15, -0.1) is 0 Å². The molecule has 0 bridgehead atoms. The Labute approximate surface area is 123 Å². The fraction of sp³-hybridized carbons (Fsp3) is 0.462. The Kier molecular flexibility index (Phi) is 4.22. The van der Waals surface area contributed by atoms with Crippen LogP contribution in [-0.4, -0.2) is 51.0 Å². The van der Waals surface area contributed by atoms with Gasteiger partial charge in [0, 0.05) is 37.1 Å². The predicted molar refractivity (Wildman–Crippen MR) is 76.7 cm³/mol. The van der Waals surface area contributed by atoms with Crippen LogP contribution < -0.4 is 11.1 Å². The maximum atomic E-state index is 12.1. The fourth-order valence-corrected chi connectivity index (χ4v) is 2.74. The number of benzene rings is 1. The summed E-state index contributed by atoms with van der Waals surface area (Å²) in [6.45, 7) is 0.649. The number of anilines is 1. The third-order valence-electron chi connectivity index (χ3n) is 3.28. The molecule has 1 aliphatic heterocycles. The number of sulfone groups is 1. The zero-order valence-electron chi connectivity index (χ0n) is 11.6. The van der Waals surface area contributed by atoms with E-state index < -0.39 is 21.3 Å². The van der Waals surface area contributed by atoms with Crippen LogP contribution in [0.4, 0.5) is 5.69 Å². The van der Waals surface area contributed by atoms with E-state index in [1.54, 1.807) is 0 Å². The van der Waals surface area contributed by atoms with Gasteiger partial charge in [-0.05, 0) is 18.2 Å². The number of rotatable bonds is 4. The van der Waals surface area contributed by atoms with Gasteiger partial charge in [0.05, 0.1) is 11.5 Å². The molecule has 1 amide bonds. The summed E-state index contributed by atoms with van der Waals surface area (Å²) in [4.78, 5) is 12.0. The summed E-state index contributed by atoms with van der Waals surface area (Å²) in [5.74, 6) is -0.493. The number of hydrogen-bond donors (Lipinski definition) is 3. The van der Waals surface area contributed by atoms with Crippen LogP contribution in [0, 0.1) is 0 Å². The van der Waals surface area contributed by atoms with E-state index in [4.69, 9.17) is 10.5 Å². The largest absolute Gasteiger partial charge is 0.399 e. The Hall–Kier alpha value is -1.64. The van der Waals surface area contributed by atoms with Gasteiger partial charge in [0.2, 0.25) is 0 Å². The second kappa shape index (κ2) is 5.63. The molecule has 0 radical (unpaired) electrons. The molecule has 1 aliphatic rings. The van der Waals surface area contributed by atoms with Crippen molar-refractivity contribution in [3.8, 4) is 0 Å². The summed E-state index contributed by atoms with van der Waals surface area (Å²) in [5, 5.41) is 12.6. The van der Waals surface area contributed by atoms with Gasteiger partial charge in [0.25, 0.3) is 5.91 Å². The van der Waals surface area contributed by atoms with E-state index in [-0.39, 0.29) is 29.3 Å². The first-order chi connectivity index (χ1) is 9.70. The van der Waals surface area contributed by atoms with E-state index >= 15 is 0 Å². The van der Waals surface area contributed by atoms with E-state index in [1.807, 2.05) is 0 Å². The standard InChI is InChI=1S/C13H18N2O5S/c1-21(18,19)11-5-9(4-10(14)6-11)12(16)15-7-13(17)2-3-20-8-13/h4-6,17H,2-3,7-8,14H2,1H3,(H,15,16). The quantitative estimate of drug-likeness (QED) is 0.648. The van der Waals surface area contributed by atoms with E-state index in [0.29, 0.717) is 13.0 Å². The van der Waals surface area contributed by atoms with Crippen LogP contribution in [0.2, 0.25) is 0 Å². The van der Waals surface area contributed by atoms with Gasteiger partial charge >= 0.3 is 0 Å². The van der Waals surface area contributed by atoms with Crippen molar-refractivity contribution < 1.29 is 23.1 Å². The highest BCUT2D eigenvalue weighted by atomic mass is 32.2. The molecule has 1 saturated heterocycles. The summed E-state index contributed by atoms with van der Waals surface area (Å²) >= 11 is 0. The van der Waals surface area contributed by atoms with E-state index in [0.717, 1.165) is 6.26 Å². The topological polar surface area (TPSA) is 119 Å². The molecule has 1 aromatic rings. The lowest BCUT2D eigenvalue weighted by Crippen LogP contribution is -2.43. The smallest absolute Gasteiger partial charge is 0.251 e. The minimum atomic E-state index is -3.45. The number of amides is 1. The second-order valence-corrected chi connectivity index (χ2v) is 7.29. The predicted octanol–water partition coefficient (Wildman–Crippen LogP) is -0.446. The van der Waals surface area contributed by atoms with Gasteiger partial charge in [-0.2, -0.15) is 0 Å². The summed E-state index contributed by atoms with van der Waals surface area (Å²) in [6, 6.07) is 3.94. The Balaban J connectivity index is 2.14. The van der Waals surface area contributed by atoms with E-state index in [1.165, 1.54) is 18.2 Å². The second-order valence-electron chi connectivity index (χ2n) is 5.27. The maximum Gasteiger partial charge on any atom is 0.251 e. The fourth-order valence-electron chi connectivity index (χ4n) is 2.05. The molecule has 0 spiro atoms. The molecule has 116 valence electrons. The Morgan fingerprint density at radius 3 is 2.76 bits per heavy atom. The van der Waals surface area contributed by atoms with E-state index in [2.05, 4.69) is 5.32 Å². The molecule has 0 aromatic heterocycles. The monoisotopic (exact) mass is 314 g/mol. The zero-order chi connectivity index (χ0) is 15.7. The SMILES string of the molecule is CS(=O)(=O)c1cc(N)cc(C(=O)NCC2(O)CCOC2)c1. The summed E-state index contributed by atoms with van der Waals surface area (Å²) < 4.78 is 28.1. The van der Waals surface area contributed by atoms with Gasteiger partial charge < -0.3 is 20.9 Å². The number of carbonyl (C=O) groups is 1. The van der Waals surface area contributed by atoms with Gasteiger partial charge in [0.1, 0.15) is 5.60 Å². The van der Waals surface area contributed by atoms with E-state index in [9.17, 15) is 18.3 Å². The molecule has 1 heterocycles. The molecule has 0 aliphatic carbocycles. The molecule has 1 atom stereocenters. The highest BCUT2D eigenvalue weighted by Gasteiger charge is 2.32. The zero-order valence-corrected chi connectivity index (χ0v) is 12.4. The lowest BCUT2D eigenvalue weighted by atomic mass is 10.0. The van der Waals surface area contributed by atoms with Crippen molar-refractivity contribution in [1.82, 2.24) is 5.32 Å². The first-order valence-corrected chi connectivity index (χ1v) is 8.28. The number of nitrogens with two attached hydrogens (primary N) is 1. The molecule has 0 saturated carbocycles. The Morgan fingerprint density at radius 2 is 2.19 bits per heavy atom. The van der Waals surface area contributed by atoms with Crippen LogP contribution in [0.3, 0.4) is 0 Å². The third kappa shape index (κ3) is 3.93. The number of hydrogen-bond acceptors (Lipinski definition) is 6. The molecule has 8 heteroatoms. The maximum absolute atomic E-state index is 12.1. The molecular weight excluding hydrogens is 296 g/mol. The number of nitrogen functional groups attached to an aromatic ring is 1. The van der Waals surface area contributed by atoms with Crippen molar-refractivity contribution in [3.05, 3.63) is 23.8 Å². The molecule has 4 N–H and O–H groups in total. The average molecular weight is 314 g/mol. The van der Waals surface area contributed by atoms with Crippen molar-refractivity contribution in [1.29, 1.82) is 0 Å². The lowest BCUT2D eigenvalue weighted by Gasteiger charge is -2.20. The van der Waals surface area contributed by atoms with Crippen LogP contribution in [-0.2, 0) is 14.6 Å². The molecule has 2 rings (SSSR count). The van der Waals surface area contributed by atoms with Crippen molar-refractivity contribution in [2.24, 2.45) is 0 Å². The summed E-state index contributed by atoms with van der Waals surface area (Å²) in [6.07, 6.45) is 1.49. The normalized spacial score (nSPS) is 22.2. The number of aliphatic hydroxyl groups is 1. The van der Waals surface area contributed by atoms with Crippen molar-refractivity contribution in [2.75, 3.05) is 31.7 Å². The minimum absolute atomic E-state index is 0.0180.